The summed E-state index contributed by atoms with van der Waals surface area (Å²) in [6, 6.07) is 3.68. The van der Waals surface area contributed by atoms with E-state index in [9.17, 15) is 0 Å². The summed E-state index contributed by atoms with van der Waals surface area (Å²) in [4.78, 5) is 12.8. The lowest BCUT2D eigenvalue weighted by Crippen LogP contribution is -1.97. The van der Waals surface area contributed by atoms with Gasteiger partial charge in [0.2, 0.25) is 0 Å². The van der Waals surface area contributed by atoms with Crippen LogP contribution in [0.3, 0.4) is 0 Å². The van der Waals surface area contributed by atoms with E-state index in [0.717, 1.165) is 23.5 Å². The van der Waals surface area contributed by atoms with Crippen LogP contribution in [0.15, 0.2) is 34.2 Å². The van der Waals surface area contributed by atoms with Crippen LogP contribution in [0.5, 0.6) is 0 Å². The Hall–Kier alpha value is -1.79. The lowest BCUT2D eigenvalue weighted by atomic mass is 10.1. The number of hydrogen-bond acceptors (Lipinski definition) is 6. The molecule has 2 N–H and O–H groups in total. The predicted octanol–water partition coefficient (Wildman–Crippen LogP) is 4.07. The molecular formula is C16H15ClN4OS. The zero-order valence-corrected chi connectivity index (χ0v) is 13.9. The van der Waals surface area contributed by atoms with Crippen LogP contribution in [-0.4, -0.2) is 20.7 Å². The van der Waals surface area contributed by atoms with Gasteiger partial charge in [-0.05, 0) is 31.2 Å². The number of thioether (sulfide) groups is 1. The van der Waals surface area contributed by atoms with E-state index >= 15 is 0 Å². The lowest BCUT2D eigenvalue weighted by Gasteiger charge is -2.03. The third-order valence-corrected chi connectivity index (χ3v) is 4.89. The molecule has 3 aromatic heterocycles. The van der Waals surface area contributed by atoms with E-state index in [1.54, 1.807) is 6.07 Å². The second-order valence-corrected chi connectivity index (χ2v) is 7.08. The van der Waals surface area contributed by atoms with Crippen molar-refractivity contribution in [3.05, 3.63) is 41.0 Å². The molecule has 0 unspecified atom stereocenters. The minimum atomic E-state index is 0.368. The number of pyridine rings is 1. The molecule has 0 aliphatic heterocycles. The van der Waals surface area contributed by atoms with E-state index in [4.69, 9.17) is 21.8 Å². The van der Waals surface area contributed by atoms with Crippen molar-refractivity contribution >= 4 is 40.1 Å². The zero-order chi connectivity index (χ0) is 15.8. The molecule has 4 rings (SSSR count). The first-order chi connectivity index (χ1) is 11.2. The molecular weight excluding hydrogens is 332 g/mol. The van der Waals surface area contributed by atoms with Gasteiger partial charge in [0.1, 0.15) is 11.0 Å². The minimum absolute atomic E-state index is 0.368. The number of nitrogen functional groups attached to an aromatic ring is 1. The highest BCUT2D eigenvalue weighted by molar-refractivity contribution is 7.99. The molecule has 0 amide bonds. The summed E-state index contributed by atoms with van der Waals surface area (Å²) in [5.74, 6) is 1.87. The van der Waals surface area contributed by atoms with Gasteiger partial charge in [-0.2, -0.15) is 0 Å². The third kappa shape index (κ3) is 3.28. The Balaban J connectivity index is 1.46. The number of nitrogens with two attached hydrogens (primary N) is 1. The second-order valence-electron chi connectivity index (χ2n) is 5.63. The first-order valence-corrected chi connectivity index (χ1v) is 8.84. The molecule has 0 atom stereocenters. The number of furan rings is 1. The van der Waals surface area contributed by atoms with Crippen LogP contribution in [-0.2, 0) is 6.42 Å². The number of anilines is 1. The van der Waals surface area contributed by atoms with Crippen LogP contribution in [0.2, 0.25) is 5.15 Å². The molecule has 0 aromatic carbocycles. The maximum Gasteiger partial charge on any atom is 0.190 e. The van der Waals surface area contributed by atoms with Gasteiger partial charge in [0, 0.05) is 28.5 Å². The van der Waals surface area contributed by atoms with Gasteiger partial charge in [0.15, 0.2) is 10.7 Å². The van der Waals surface area contributed by atoms with Crippen LogP contribution >= 0.6 is 23.4 Å². The predicted molar refractivity (Wildman–Crippen MR) is 91.9 cm³/mol. The van der Waals surface area contributed by atoms with Crippen molar-refractivity contribution in [1.82, 2.24) is 15.0 Å². The number of hydrogen-bond donors (Lipinski definition) is 1. The first kappa shape index (κ1) is 14.8. The Bertz CT molecular complexity index is 842. The smallest absolute Gasteiger partial charge is 0.190 e. The summed E-state index contributed by atoms with van der Waals surface area (Å²) >= 11 is 7.41. The topological polar surface area (TPSA) is 77.8 Å². The molecule has 1 aliphatic carbocycles. The molecule has 5 nitrogen and oxygen atoms in total. The highest BCUT2D eigenvalue weighted by Gasteiger charge is 2.27. The van der Waals surface area contributed by atoms with Gasteiger partial charge in [-0.1, -0.05) is 23.4 Å². The van der Waals surface area contributed by atoms with E-state index in [1.807, 2.05) is 12.5 Å². The summed E-state index contributed by atoms with van der Waals surface area (Å²) in [5.41, 5.74) is 8.91. The van der Waals surface area contributed by atoms with Crippen LogP contribution < -0.4 is 5.73 Å². The van der Waals surface area contributed by atoms with E-state index in [-0.39, 0.29) is 0 Å². The van der Waals surface area contributed by atoms with Crippen molar-refractivity contribution in [3.63, 3.8) is 0 Å². The average Bonchev–Trinajstić information content (AvgIpc) is 3.26. The standard InChI is InChI=1S/C16H15ClN4OS/c17-14-6-15(18)21-16(20-14)23-4-3-10-5-11-12(9-1-2-9)8-22-13(11)7-19-10/h5-9H,1-4H2,(H2,18,20,21). The molecule has 1 aliphatic rings. The van der Waals surface area contributed by atoms with Gasteiger partial charge in [0.05, 0.1) is 12.5 Å². The average molecular weight is 347 g/mol. The summed E-state index contributed by atoms with van der Waals surface area (Å²) in [6.07, 6.45) is 7.04. The van der Waals surface area contributed by atoms with Crippen molar-refractivity contribution in [1.29, 1.82) is 0 Å². The number of nitrogens with zero attached hydrogens (tertiary/aromatic N) is 3. The van der Waals surface area contributed by atoms with Crippen molar-refractivity contribution in [2.75, 3.05) is 11.5 Å². The quantitative estimate of drug-likeness (QED) is 0.426. The maximum atomic E-state index is 5.88. The Morgan fingerprint density at radius 1 is 1.30 bits per heavy atom. The number of aryl methyl sites for hydroxylation is 1. The first-order valence-electron chi connectivity index (χ1n) is 7.48. The van der Waals surface area contributed by atoms with Crippen LogP contribution in [0.1, 0.15) is 30.0 Å². The fraction of sp³-hybridized carbons (Fsp3) is 0.312. The van der Waals surface area contributed by atoms with Crippen LogP contribution in [0.25, 0.3) is 11.0 Å². The minimum Gasteiger partial charge on any atom is -0.462 e. The molecule has 1 saturated carbocycles. The second kappa shape index (κ2) is 6.02. The molecule has 118 valence electrons. The summed E-state index contributed by atoms with van der Waals surface area (Å²) in [7, 11) is 0. The molecule has 0 radical (unpaired) electrons. The molecule has 3 heterocycles. The van der Waals surface area contributed by atoms with Crippen molar-refractivity contribution < 1.29 is 4.42 Å². The molecule has 1 fully saturated rings. The van der Waals surface area contributed by atoms with Gasteiger partial charge in [0.25, 0.3) is 0 Å². The Kier molecular flexibility index (Phi) is 3.87. The van der Waals surface area contributed by atoms with Gasteiger partial charge in [-0.15, -0.1) is 0 Å². The number of rotatable bonds is 5. The Morgan fingerprint density at radius 3 is 2.96 bits per heavy atom. The van der Waals surface area contributed by atoms with E-state index < -0.39 is 0 Å². The van der Waals surface area contributed by atoms with Crippen LogP contribution in [0.4, 0.5) is 5.82 Å². The third-order valence-electron chi connectivity index (χ3n) is 3.85. The van der Waals surface area contributed by atoms with Gasteiger partial charge in [-0.25, -0.2) is 9.97 Å². The van der Waals surface area contributed by atoms with Gasteiger partial charge in [-0.3, -0.25) is 4.98 Å². The van der Waals surface area contributed by atoms with Crippen molar-refractivity contribution in [2.24, 2.45) is 0 Å². The van der Waals surface area contributed by atoms with Crippen molar-refractivity contribution in [2.45, 2.75) is 30.3 Å². The molecule has 3 aromatic rings. The zero-order valence-electron chi connectivity index (χ0n) is 12.3. The molecule has 0 saturated heterocycles. The summed E-state index contributed by atoms with van der Waals surface area (Å²) in [6.45, 7) is 0. The molecule has 0 spiro atoms. The monoisotopic (exact) mass is 346 g/mol. The maximum absolute atomic E-state index is 5.88. The van der Waals surface area contributed by atoms with Gasteiger partial charge < -0.3 is 10.2 Å². The molecule has 7 heteroatoms. The fourth-order valence-corrected chi connectivity index (χ4v) is 3.64. The molecule has 23 heavy (non-hydrogen) atoms. The normalized spacial score (nSPS) is 14.5. The molecule has 0 bridgehead atoms. The SMILES string of the molecule is Nc1cc(Cl)nc(SCCc2cc3c(C4CC4)coc3cn2)n1. The van der Waals surface area contributed by atoms with E-state index in [0.29, 0.717) is 22.0 Å². The van der Waals surface area contributed by atoms with E-state index in [2.05, 4.69) is 21.0 Å². The highest BCUT2D eigenvalue weighted by atomic mass is 35.5. The van der Waals surface area contributed by atoms with E-state index in [1.165, 1.54) is 35.6 Å². The lowest BCUT2D eigenvalue weighted by molar-refractivity contribution is 0.609. The summed E-state index contributed by atoms with van der Waals surface area (Å²) in [5, 5.41) is 2.16. The number of fused-ring (bicyclic) bond motifs is 1. The largest absolute Gasteiger partial charge is 0.462 e. The number of aromatic nitrogens is 3. The van der Waals surface area contributed by atoms with Gasteiger partial charge >= 0.3 is 0 Å². The van der Waals surface area contributed by atoms with Crippen molar-refractivity contribution in [3.8, 4) is 0 Å². The number of halogens is 1. The van der Waals surface area contributed by atoms with Crippen LogP contribution in [0, 0.1) is 0 Å². The Morgan fingerprint density at radius 2 is 2.17 bits per heavy atom. The Labute approximate surface area is 142 Å². The highest BCUT2D eigenvalue weighted by Crippen LogP contribution is 2.43. The summed E-state index contributed by atoms with van der Waals surface area (Å²) < 4.78 is 5.59. The fourth-order valence-electron chi connectivity index (χ4n) is 2.57.